The van der Waals surface area contributed by atoms with Crippen LogP contribution in [-0.4, -0.2) is 32.8 Å². The molecule has 0 aliphatic heterocycles. The summed E-state index contributed by atoms with van der Waals surface area (Å²) in [4.78, 5) is 49.6. The van der Waals surface area contributed by atoms with Crippen LogP contribution in [0.2, 0.25) is 0 Å². The normalized spacial score (nSPS) is 11.3. The zero-order valence-corrected chi connectivity index (χ0v) is 18.0. The van der Waals surface area contributed by atoms with Crippen LogP contribution >= 0.6 is 0 Å². The van der Waals surface area contributed by atoms with Crippen molar-refractivity contribution in [3.05, 3.63) is 97.3 Å². The van der Waals surface area contributed by atoms with Crippen molar-refractivity contribution in [2.75, 3.05) is 6.61 Å². The third kappa shape index (κ3) is 4.77. The van der Waals surface area contributed by atoms with Crippen LogP contribution in [0.15, 0.2) is 58.3 Å². The lowest BCUT2D eigenvalue weighted by Crippen LogP contribution is -2.42. The van der Waals surface area contributed by atoms with Gasteiger partial charge in [-0.1, -0.05) is 12.1 Å². The summed E-state index contributed by atoms with van der Waals surface area (Å²) in [5.41, 5.74) is -3.41. The van der Waals surface area contributed by atoms with Crippen LogP contribution in [0.1, 0.15) is 44.3 Å². The number of rotatable bonds is 6. The minimum atomic E-state index is -4.63. The zero-order chi connectivity index (χ0) is 25.2. The smallest absolute Gasteiger partial charge is 0.416 e. The number of hydrogen-bond acceptors (Lipinski definition) is 5. The van der Waals surface area contributed by atoms with E-state index in [2.05, 4.69) is 0 Å². The molecule has 178 valence electrons. The average Bonchev–Trinajstić information content (AvgIpc) is 2.77. The van der Waals surface area contributed by atoms with Crippen molar-refractivity contribution in [2.45, 2.75) is 26.6 Å². The van der Waals surface area contributed by atoms with E-state index in [4.69, 9.17) is 9.84 Å². The van der Waals surface area contributed by atoms with Crippen LogP contribution in [0.4, 0.5) is 13.2 Å². The molecule has 8 nitrogen and oxygen atoms in total. The van der Waals surface area contributed by atoms with Gasteiger partial charge in [-0.2, -0.15) is 13.2 Å². The molecule has 1 N–H and O–H groups in total. The van der Waals surface area contributed by atoms with Crippen molar-refractivity contribution >= 4 is 11.9 Å². The second kappa shape index (κ2) is 9.38. The summed E-state index contributed by atoms with van der Waals surface area (Å²) < 4.78 is 46.4. The first-order valence-electron chi connectivity index (χ1n) is 9.98. The highest BCUT2D eigenvalue weighted by atomic mass is 19.4. The van der Waals surface area contributed by atoms with Crippen LogP contribution < -0.4 is 11.2 Å². The highest BCUT2D eigenvalue weighted by Gasteiger charge is 2.33. The maximum Gasteiger partial charge on any atom is 0.416 e. The molecule has 0 amide bonds. The largest absolute Gasteiger partial charge is 0.478 e. The van der Waals surface area contributed by atoms with Gasteiger partial charge in [0.15, 0.2) is 0 Å². The first-order valence-corrected chi connectivity index (χ1v) is 9.98. The molecule has 0 aliphatic carbocycles. The molecule has 0 bridgehead atoms. The van der Waals surface area contributed by atoms with E-state index in [0.717, 1.165) is 22.9 Å². The van der Waals surface area contributed by atoms with E-state index in [1.807, 2.05) is 0 Å². The van der Waals surface area contributed by atoms with E-state index >= 15 is 0 Å². The van der Waals surface area contributed by atoms with Crippen molar-refractivity contribution in [3.8, 4) is 5.69 Å². The molecule has 0 atom stereocenters. The van der Waals surface area contributed by atoms with Gasteiger partial charge in [0, 0.05) is 6.20 Å². The van der Waals surface area contributed by atoms with Crippen molar-refractivity contribution in [1.82, 2.24) is 9.13 Å². The summed E-state index contributed by atoms with van der Waals surface area (Å²) in [7, 11) is 0. The Labute approximate surface area is 190 Å². The number of carbonyl (C=O) groups is 2. The number of halogens is 3. The highest BCUT2D eigenvalue weighted by molar-refractivity contribution is 5.89. The summed E-state index contributed by atoms with van der Waals surface area (Å²) in [5, 5.41) is 9.07. The molecule has 3 aromatic rings. The van der Waals surface area contributed by atoms with Crippen LogP contribution in [-0.2, 0) is 17.5 Å². The number of carboxylic acid groups (broad SMARTS) is 1. The van der Waals surface area contributed by atoms with Crippen LogP contribution in [0.25, 0.3) is 5.69 Å². The van der Waals surface area contributed by atoms with Gasteiger partial charge < -0.3 is 9.84 Å². The van der Waals surface area contributed by atoms with Gasteiger partial charge in [0.25, 0.3) is 5.56 Å². The first-order chi connectivity index (χ1) is 16.0. The second-order valence-electron chi connectivity index (χ2n) is 7.25. The molecule has 0 radical (unpaired) electrons. The molecule has 34 heavy (non-hydrogen) atoms. The molecule has 3 rings (SSSR count). The molecule has 0 fully saturated rings. The number of aromatic nitrogens is 2. The van der Waals surface area contributed by atoms with Gasteiger partial charge in [-0.3, -0.25) is 13.9 Å². The standard InChI is InChI=1S/C23H19F3N2O6/c1-3-34-21(32)17-12-27(16-9-7-14(8-10-16)20(30)31)22(33)28(19(17)29)11-15-5-4-6-18(13(15)2)23(24,25)26/h4-10,12H,3,11H2,1-2H3,(H,30,31). The number of alkyl halides is 3. The van der Waals surface area contributed by atoms with Crippen molar-refractivity contribution < 1.29 is 32.6 Å². The van der Waals surface area contributed by atoms with Gasteiger partial charge in [-0.05, 0) is 55.3 Å². The third-order valence-corrected chi connectivity index (χ3v) is 5.14. The fourth-order valence-corrected chi connectivity index (χ4v) is 3.37. The predicted molar refractivity (Wildman–Crippen MR) is 114 cm³/mol. The summed E-state index contributed by atoms with van der Waals surface area (Å²) in [6.45, 7) is 2.15. The summed E-state index contributed by atoms with van der Waals surface area (Å²) in [6.07, 6.45) is -3.67. The second-order valence-corrected chi connectivity index (χ2v) is 7.25. The van der Waals surface area contributed by atoms with Gasteiger partial charge in [0.2, 0.25) is 0 Å². The van der Waals surface area contributed by atoms with E-state index in [9.17, 15) is 32.3 Å². The zero-order valence-electron chi connectivity index (χ0n) is 18.0. The molecule has 0 saturated heterocycles. The lowest BCUT2D eigenvalue weighted by molar-refractivity contribution is -0.138. The molecular formula is C23H19F3N2O6. The first kappa shape index (κ1) is 24.5. The molecule has 0 spiro atoms. The maximum atomic E-state index is 13.3. The Balaban J connectivity index is 2.23. The summed E-state index contributed by atoms with van der Waals surface area (Å²) in [6, 6.07) is 8.43. The van der Waals surface area contributed by atoms with E-state index < -0.39 is 47.0 Å². The number of benzene rings is 2. The molecule has 0 aliphatic rings. The topological polar surface area (TPSA) is 108 Å². The Morgan fingerprint density at radius 1 is 1.06 bits per heavy atom. The maximum absolute atomic E-state index is 13.3. The van der Waals surface area contributed by atoms with E-state index in [0.29, 0.717) is 4.57 Å². The number of carbonyl (C=O) groups excluding carboxylic acids is 1. The molecule has 0 saturated carbocycles. The number of carboxylic acids is 1. The fraction of sp³-hybridized carbons (Fsp3) is 0.217. The Bertz CT molecular complexity index is 1370. The summed E-state index contributed by atoms with van der Waals surface area (Å²) >= 11 is 0. The number of aromatic carboxylic acids is 1. The number of nitrogens with zero attached hydrogens (tertiary/aromatic N) is 2. The summed E-state index contributed by atoms with van der Waals surface area (Å²) in [5.74, 6) is -2.21. The predicted octanol–water partition coefficient (Wildman–Crippen LogP) is 3.25. The SMILES string of the molecule is CCOC(=O)c1cn(-c2ccc(C(=O)O)cc2)c(=O)n(Cc2cccc(C(F)(F)F)c2C)c1=O. The van der Waals surface area contributed by atoms with Crippen molar-refractivity contribution in [3.63, 3.8) is 0 Å². The Morgan fingerprint density at radius 3 is 2.26 bits per heavy atom. The number of esters is 1. The number of ether oxygens (including phenoxy) is 1. The quantitative estimate of drug-likeness (QED) is 0.548. The average molecular weight is 476 g/mol. The van der Waals surface area contributed by atoms with Gasteiger partial charge in [0.05, 0.1) is 30.0 Å². The van der Waals surface area contributed by atoms with Crippen molar-refractivity contribution in [1.29, 1.82) is 0 Å². The van der Waals surface area contributed by atoms with E-state index in [-0.39, 0.29) is 29.0 Å². The third-order valence-electron chi connectivity index (χ3n) is 5.14. The van der Waals surface area contributed by atoms with Gasteiger partial charge in [-0.25, -0.2) is 14.4 Å². The van der Waals surface area contributed by atoms with E-state index in [1.54, 1.807) is 0 Å². The van der Waals surface area contributed by atoms with Crippen molar-refractivity contribution in [2.24, 2.45) is 0 Å². The molecular weight excluding hydrogens is 457 g/mol. The molecule has 11 heteroatoms. The minimum absolute atomic E-state index is 0.0581. The van der Waals surface area contributed by atoms with Gasteiger partial charge >= 0.3 is 23.8 Å². The van der Waals surface area contributed by atoms with Crippen LogP contribution in [0.5, 0.6) is 0 Å². The van der Waals surface area contributed by atoms with Gasteiger partial charge in [0.1, 0.15) is 5.56 Å². The van der Waals surface area contributed by atoms with E-state index in [1.165, 1.54) is 44.2 Å². The monoisotopic (exact) mass is 476 g/mol. The Hall–Kier alpha value is -4.15. The molecule has 0 unspecified atom stereocenters. The lowest BCUT2D eigenvalue weighted by atomic mass is 10.0. The molecule has 1 heterocycles. The lowest BCUT2D eigenvalue weighted by Gasteiger charge is -2.16. The van der Waals surface area contributed by atoms with Crippen LogP contribution in [0, 0.1) is 6.92 Å². The Morgan fingerprint density at radius 2 is 1.71 bits per heavy atom. The molecule has 2 aromatic carbocycles. The highest BCUT2D eigenvalue weighted by Crippen LogP contribution is 2.33. The van der Waals surface area contributed by atoms with Gasteiger partial charge in [-0.15, -0.1) is 0 Å². The fourth-order valence-electron chi connectivity index (χ4n) is 3.37. The Kier molecular flexibility index (Phi) is 6.75. The molecule has 1 aromatic heterocycles. The van der Waals surface area contributed by atoms with Crippen LogP contribution in [0.3, 0.4) is 0 Å². The number of hydrogen-bond donors (Lipinski definition) is 1. The minimum Gasteiger partial charge on any atom is -0.478 e.